The molecule has 0 amide bonds. The molecule has 2 aromatic heterocycles. The van der Waals surface area contributed by atoms with Crippen molar-refractivity contribution in [2.75, 3.05) is 0 Å². The van der Waals surface area contributed by atoms with E-state index < -0.39 is 0 Å². The van der Waals surface area contributed by atoms with Crippen LogP contribution in [0.25, 0.3) is 165 Å². The molecule has 0 bridgehead atoms. The fourth-order valence-electron chi connectivity index (χ4n) is 13.6. The summed E-state index contributed by atoms with van der Waals surface area (Å²) >= 11 is 0. The van der Waals surface area contributed by atoms with Gasteiger partial charge in [-0.15, -0.1) is 0 Å². The molecule has 0 unspecified atom stereocenters. The number of hydrogen-bond donors (Lipinski definition) is 0. The number of para-hydroxylation sites is 4. The van der Waals surface area contributed by atoms with Gasteiger partial charge in [0.2, 0.25) is 0 Å². The van der Waals surface area contributed by atoms with E-state index in [1.54, 1.807) is 0 Å². The average Bonchev–Trinajstić information content (AvgIpc) is 2.84. The monoisotopic (exact) mass is 1060 g/mol. The highest BCUT2D eigenvalue weighted by Crippen LogP contribution is 2.48. The van der Waals surface area contributed by atoms with Crippen LogP contribution in [0.5, 0.6) is 0 Å². The Morgan fingerprint density at radius 2 is 0.452 bits per heavy atom. The Bertz CT molecular complexity index is 5110. The maximum atomic E-state index is 2.47. The van der Waals surface area contributed by atoms with E-state index in [-0.39, 0.29) is 0 Å². The average molecular weight is 1070 g/mol. The van der Waals surface area contributed by atoms with Gasteiger partial charge in [0, 0.05) is 32.9 Å². The lowest BCUT2D eigenvalue weighted by Gasteiger charge is -2.20. The molecule has 0 saturated heterocycles. The van der Waals surface area contributed by atoms with Crippen molar-refractivity contribution >= 4 is 86.7 Å². The second-order valence-corrected chi connectivity index (χ2v) is 22.4. The van der Waals surface area contributed by atoms with E-state index in [4.69, 9.17) is 0 Å². The van der Waals surface area contributed by atoms with Crippen molar-refractivity contribution in [3.8, 4) is 78.1 Å². The van der Waals surface area contributed by atoms with Crippen LogP contribution in [0.15, 0.2) is 315 Å². The molecular weight excluding hydrogens is 1010 g/mol. The van der Waals surface area contributed by atoms with Gasteiger partial charge >= 0.3 is 0 Å². The minimum absolute atomic E-state index is 1.16. The van der Waals surface area contributed by atoms with Crippen LogP contribution >= 0.6 is 0 Å². The molecule has 0 aliphatic heterocycles. The first-order valence-corrected chi connectivity index (χ1v) is 29.0. The van der Waals surface area contributed by atoms with Crippen molar-refractivity contribution in [2.24, 2.45) is 0 Å². The first-order chi connectivity index (χ1) is 41.6. The van der Waals surface area contributed by atoms with Crippen molar-refractivity contribution in [2.45, 2.75) is 0 Å². The molecule has 2 heterocycles. The second-order valence-electron chi connectivity index (χ2n) is 22.4. The van der Waals surface area contributed by atoms with E-state index in [1.165, 1.54) is 153 Å². The van der Waals surface area contributed by atoms with E-state index in [2.05, 4.69) is 325 Å². The summed E-state index contributed by atoms with van der Waals surface area (Å²) in [6.07, 6.45) is 0. The lowest BCUT2D eigenvalue weighted by Crippen LogP contribution is -1.94. The van der Waals surface area contributed by atoms with Gasteiger partial charge in [-0.1, -0.05) is 231 Å². The molecule has 0 fully saturated rings. The summed E-state index contributed by atoms with van der Waals surface area (Å²) < 4.78 is 4.79. The van der Waals surface area contributed by atoms with Gasteiger partial charge < -0.3 is 9.13 Å². The molecule has 0 aliphatic carbocycles. The summed E-state index contributed by atoms with van der Waals surface area (Å²) in [5.41, 5.74) is 21.4. The van der Waals surface area contributed by atoms with Crippen LogP contribution in [0.3, 0.4) is 0 Å². The highest BCUT2D eigenvalue weighted by molar-refractivity contribution is 6.23. The van der Waals surface area contributed by atoms with Crippen LogP contribution in [0, 0.1) is 0 Å². The Balaban J connectivity index is 0.903. The molecule has 0 spiro atoms. The van der Waals surface area contributed by atoms with Gasteiger partial charge in [0.25, 0.3) is 0 Å². The van der Waals surface area contributed by atoms with Crippen LogP contribution in [-0.2, 0) is 0 Å². The largest absolute Gasteiger partial charge is 0.309 e. The number of rotatable bonds is 8. The number of hydrogen-bond acceptors (Lipinski definition) is 0. The van der Waals surface area contributed by atoms with Crippen LogP contribution in [0.4, 0.5) is 0 Å². The SMILES string of the molecule is c1ccc(-n2c3ccccc3c3cc(-c4ccc5c(-c6ccc(-c7ccc8ccccc8c7)cc6)c6cc(-c7ccc8c(c7)c7ccccc7n8-c7ccccc7)ccc6c(-c6ccc(-c7ccc8ccccc8c7)cc6)c5c4)ccc32)cc1. The van der Waals surface area contributed by atoms with Gasteiger partial charge in [-0.05, 0) is 195 Å². The van der Waals surface area contributed by atoms with Gasteiger partial charge in [0.1, 0.15) is 0 Å². The molecule has 0 aliphatic rings. The second kappa shape index (κ2) is 19.3. The molecular formula is C82H52N2. The van der Waals surface area contributed by atoms with Crippen molar-refractivity contribution in [1.82, 2.24) is 9.13 Å². The van der Waals surface area contributed by atoms with Crippen LogP contribution in [0.1, 0.15) is 0 Å². The van der Waals surface area contributed by atoms with Crippen molar-refractivity contribution < 1.29 is 0 Å². The van der Waals surface area contributed by atoms with Crippen molar-refractivity contribution in [3.63, 3.8) is 0 Å². The molecule has 0 radical (unpaired) electrons. The maximum Gasteiger partial charge on any atom is 0.0541 e. The van der Waals surface area contributed by atoms with Crippen LogP contribution in [0.2, 0.25) is 0 Å². The summed E-state index contributed by atoms with van der Waals surface area (Å²) in [4.78, 5) is 0. The number of benzene rings is 15. The third kappa shape index (κ3) is 7.80. The predicted octanol–water partition coefficient (Wildman–Crippen LogP) is 22.5. The lowest BCUT2D eigenvalue weighted by molar-refractivity contribution is 1.18. The number of fused-ring (bicyclic) bond motifs is 10. The first kappa shape index (κ1) is 47.7. The third-order valence-corrected chi connectivity index (χ3v) is 17.7. The molecule has 15 aromatic carbocycles. The molecule has 17 aromatic rings. The fraction of sp³-hybridized carbons (Fsp3) is 0. The standard InChI is InChI=1S/C82H52N2/c1-3-19-67(20-4-1)83-77-25-13-11-23-69(77)73-49-65(41-45-79(73)83)63-39-43-71-75(51-63)81(57-33-27-55(28-34-57)61-37-31-53-15-7-9-17-59(53)47-61)72-44-40-64(66-42-46-80-74(50-66)70-24-12-14-26-78(70)84(80)68-21-5-2-6-22-68)52-76(72)82(71)58-35-29-56(30-36-58)62-38-32-54-16-8-10-18-60(54)48-62/h1-52H. The molecule has 390 valence electrons. The summed E-state index contributed by atoms with van der Waals surface area (Å²) in [6.45, 7) is 0. The zero-order chi connectivity index (χ0) is 55.2. The Morgan fingerprint density at radius 3 is 0.881 bits per heavy atom. The van der Waals surface area contributed by atoms with E-state index in [1.807, 2.05) is 0 Å². The highest BCUT2D eigenvalue weighted by Gasteiger charge is 2.21. The first-order valence-electron chi connectivity index (χ1n) is 29.0. The van der Waals surface area contributed by atoms with Gasteiger partial charge in [-0.25, -0.2) is 0 Å². The third-order valence-electron chi connectivity index (χ3n) is 17.7. The topological polar surface area (TPSA) is 9.86 Å². The molecule has 2 nitrogen and oxygen atoms in total. The normalized spacial score (nSPS) is 11.8. The highest BCUT2D eigenvalue weighted by atomic mass is 15.0. The predicted molar refractivity (Wildman–Crippen MR) is 358 cm³/mol. The Morgan fingerprint density at radius 1 is 0.155 bits per heavy atom. The Kier molecular flexibility index (Phi) is 11.0. The minimum Gasteiger partial charge on any atom is -0.309 e. The molecule has 0 atom stereocenters. The number of nitrogens with zero attached hydrogens (tertiary/aromatic N) is 2. The lowest BCUT2D eigenvalue weighted by atomic mass is 9.83. The smallest absolute Gasteiger partial charge is 0.0541 e. The van der Waals surface area contributed by atoms with E-state index in [9.17, 15) is 0 Å². The Labute approximate surface area is 486 Å². The zero-order valence-electron chi connectivity index (χ0n) is 45.9. The molecule has 0 saturated carbocycles. The fourth-order valence-corrected chi connectivity index (χ4v) is 13.6. The van der Waals surface area contributed by atoms with Gasteiger partial charge in [0.05, 0.1) is 22.1 Å². The van der Waals surface area contributed by atoms with Gasteiger partial charge in [-0.2, -0.15) is 0 Å². The van der Waals surface area contributed by atoms with Gasteiger partial charge in [-0.3, -0.25) is 0 Å². The molecule has 84 heavy (non-hydrogen) atoms. The minimum atomic E-state index is 1.16. The summed E-state index contributed by atoms with van der Waals surface area (Å²) in [5, 5.41) is 14.8. The van der Waals surface area contributed by atoms with E-state index in [0.29, 0.717) is 0 Å². The molecule has 17 rings (SSSR count). The zero-order valence-corrected chi connectivity index (χ0v) is 45.9. The van der Waals surface area contributed by atoms with Crippen molar-refractivity contribution in [3.05, 3.63) is 315 Å². The summed E-state index contributed by atoms with van der Waals surface area (Å²) in [5.74, 6) is 0. The Hall–Kier alpha value is -11.1. The maximum absolute atomic E-state index is 2.47. The van der Waals surface area contributed by atoms with E-state index in [0.717, 1.165) is 11.4 Å². The number of aromatic nitrogens is 2. The van der Waals surface area contributed by atoms with Gasteiger partial charge in [0.15, 0.2) is 0 Å². The molecule has 0 N–H and O–H groups in total. The van der Waals surface area contributed by atoms with E-state index >= 15 is 0 Å². The molecule has 2 heteroatoms. The summed E-state index contributed by atoms with van der Waals surface area (Å²) in [7, 11) is 0. The van der Waals surface area contributed by atoms with Crippen LogP contribution < -0.4 is 0 Å². The van der Waals surface area contributed by atoms with Crippen LogP contribution in [-0.4, -0.2) is 9.13 Å². The quantitative estimate of drug-likeness (QED) is 0.134. The summed E-state index contributed by atoms with van der Waals surface area (Å²) in [6, 6.07) is 117. The van der Waals surface area contributed by atoms with Crippen molar-refractivity contribution in [1.29, 1.82) is 0 Å².